The fourth-order valence-electron chi connectivity index (χ4n) is 2.66. The molecule has 1 unspecified atom stereocenters. The Labute approximate surface area is 174 Å². The highest BCUT2D eigenvalue weighted by Gasteiger charge is 2.25. The summed E-state index contributed by atoms with van der Waals surface area (Å²) in [4.78, 5) is 21.1. The van der Waals surface area contributed by atoms with Gasteiger partial charge < -0.3 is 24.6 Å². The molecule has 9 heteroatoms. The zero-order chi connectivity index (χ0) is 21.3. The topological polar surface area (TPSA) is 111 Å². The number of hydrogen-bond donors (Lipinski definition) is 2. The minimum absolute atomic E-state index is 0.0366. The van der Waals surface area contributed by atoms with Gasteiger partial charge in [-0.3, -0.25) is 0 Å². The van der Waals surface area contributed by atoms with Gasteiger partial charge in [-0.05, 0) is 12.0 Å². The normalized spacial score (nSPS) is 11.9. The third-order valence-electron chi connectivity index (χ3n) is 4.22. The summed E-state index contributed by atoms with van der Waals surface area (Å²) in [5.74, 6) is 1.32. The van der Waals surface area contributed by atoms with Crippen LogP contribution in [0, 0.1) is 5.92 Å². The second-order valence-corrected chi connectivity index (χ2v) is 6.87. The molecule has 0 bridgehead atoms. The first-order valence-corrected chi connectivity index (χ1v) is 9.61. The van der Waals surface area contributed by atoms with E-state index >= 15 is 0 Å². The Balaban J connectivity index is 1.61. The van der Waals surface area contributed by atoms with Crippen LogP contribution in [0.5, 0.6) is 5.88 Å². The Morgan fingerprint density at radius 1 is 1.13 bits per heavy atom. The number of methoxy groups -OCH3 is 1. The Kier molecular flexibility index (Phi) is 7.34. The summed E-state index contributed by atoms with van der Waals surface area (Å²) in [6.45, 7) is 4.81. The van der Waals surface area contributed by atoms with Crippen molar-refractivity contribution in [1.82, 2.24) is 20.4 Å². The summed E-state index contributed by atoms with van der Waals surface area (Å²) in [5.41, 5.74) is 1.38. The number of nitrogens with one attached hydrogen (secondary N) is 2. The fraction of sp³-hybridized carbons (Fsp3) is 0.333. The van der Waals surface area contributed by atoms with E-state index in [4.69, 9.17) is 14.0 Å². The minimum atomic E-state index is -0.445. The molecule has 0 aliphatic carbocycles. The molecule has 0 aliphatic rings. The van der Waals surface area contributed by atoms with E-state index < -0.39 is 12.1 Å². The predicted molar refractivity (Wildman–Crippen MR) is 111 cm³/mol. The van der Waals surface area contributed by atoms with E-state index in [9.17, 15) is 4.79 Å². The minimum Gasteiger partial charge on any atom is -0.475 e. The van der Waals surface area contributed by atoms with Crippen LogP contribution in [0.3, 0.4) is 0 Å². The van der Waals surface area contributed by atoms with Crippen molar-refractivity contribution in [3.63, 3.8) is 0 Å². The molecule has 2 amide bonds. The lowest BCUT2D eigenvalue weighted by Crippen LogP contribution is -2.35. The lowest BCUT2D eigenvalue weighted by atomic mass is 10.0. The van der Waals surface area contributed by atoms with Gasteiger partial charge in [0.2, 0.25) is 17.6 Å². The SMILES string of the molecule is COCCOc1ccc(NC(=O)NC(c2nc(-c3ccccc3)no2)C(C)C)cn1. The summed E-state index contributed by atoms with van der Waals surface area (Å²) < 4.78 is 15.7. The molecule has 158 valence electrons. The molecule has 0 radical (unpaired) electrons. The highest BCUT2D eigenvalue weighted by molar-refractivity contribution is 5.89. The van der Waals surface area contributed by atoms with E-state index in [0.717, 1.165) is 5.56 Å². The van der Waals surface area contributed by atoms with Crippen molar-refractivity contribution >= 4 is 11.7 Å². The van der Waals surface area contributed by atoms with E-state index in [0.29, 0.717) is 36.5 Å². The quantitative estimate of drug-likeness (QED) is 0.517. The third-order valence-corrected chi connectivity index (χ3v) is 4.22. The Morgan fingerprint density at radius 2 is 1.93 bits per heavy atom. The molecular weight excluding hydrogens is 386 g/mol. The van der Waals surface area contributed by atoms with Gasteiger partial charge in [0, 0.05) is 18.7 Å². The molecule has 2 aromatic heterocycles. The molecule has 3 aromatic rings. The number of hydrogen-bond acceptors (Lipinski definition) is 7. The maximum absolute atomic E-state index is 12.5. The number of carbonyl (C=O) groups excluding carboxylic acids is 1. The molecule has 30 heavy (non-hydrogen) atoms. The summed E-state index contributed by atoms with van der Waals surface area (Å²) >= 11 is 0. The lowest BCUT2D eigenvalue weighted by Gasteiger charge is -2.18. The molecule has 1 aromatic carbocycles. The molecule has 0 aliphatic heterocycles. The number of carbonyl (C=O) groups is 1. The molecule has 0 spiro atoms. The fourth-order valence-corrected chi connectivity index (χ4v) is 2.66. The lowest BCUT2D eigenvalue weighted by molar-refractivity contribution is 0.144. The van der Waals surface area contributed by atoms with Gasteiger partial charge in [0.15, 0.2) is 0 Å². The smallest absolute Gasteiger partial charge is 0.319 e. The summed E-state index contributed by atoms with van der Waals surface area (Å²) in [6, 6.07) is 12.1. The van der Waals surface area contributed by atoms with Crippen LogP contribution in [0.25, 0.3) is 11.4 Å². The monoisotopic (exact) mass is 411 g/mol. The van der Waals surface area contributed by atoms with Crippen LogP contribution in [-0.2, 0) is 4.74 Å². The average Bonchev–Trinajstić information content (AvgIpc) is 3.24. The van der Waals surface area contributed by atoms with Gasteiger partial charge in [-0.1, -0.05) is 49.3 Å². The Morgan fingerprint density at radius 3 is 2.60 bits per heavy atom. The van der Waals surface area contributed by atoms with Crippen molar-refractivity contribution in [1.29, 1.82) is 0 Å². The van der Waals surface area contributed by atoms with Crippen LogP contribution in [0.4, 0.5) is 10.5 Å². The van der Waals surface area contributed by atoms with Gasteiger partial charge in [0.05, 0.1) is 18.5 Å². The summed E-state index contributed by atoms with van der Waals surface area (Å²) in [5, 5.41) is 9.66. The number of urea groups is 1. The van der Waals surface area contributed by atoms with Gasteiger partial charge in [0.25, 0.3) is 0 Å². The first-order chi connectivity index (χ1) is 14.6. The molecule has 2 heterocycles. The van der Waals surface area contributed by atoms with Crippen molar-refractivity contribution in [2.45, 2.75) is 19.9 Å². The number of pyridine rings is 1. The van der Waals surface area contributed by atoms with Gasteiger partial charge in [-0.2, -0.15) is 4.98 Å². The van der Waals surface area contributed by atoms with Crippen molar-refractivity contribution < 1.29 is 18.8 Å². The van der Waals surface area contributed by atoms with Crippen LogP contribution in [-0.4, -0.2) is 41.5 Å². The number of benzene rings is 1. The second kappa shape index (κ2) is 10.4. The van der Waals surface area contributed by atoms with E-state index in [1.165, 1.54) is 6.20 Å². The van der Waals surface area contributed by atoms with Gasteiger partial charge in [0.1, 0.15) is 12.6 Å². The van der Waals surface area contributed by atoms with Crippen LogP contribution in [0.15, 0.2) is 53.2 Å². The highest BCUT2D eigenvalue weighted by atomic mass is 16.5. The highest BCUT2D eigenvalue weighted by Crippen LogP contribution is 2.23. The molecule has 3 rings (SSSR count). The number of aromatic nitrogens is 3. The summed E-state index contributed by atoms with van der Waals surface area (Å²) in [6.07, 6.45) is 1.52. The zero-order valence-electron chi connectivity index (χ0n) is 17.2. The molecule has 0 saturated carbocycles. The number of amides is 2. The van der Waals surface area contributed by atoms with Crippen LogP contribution in [0.2, 0.25) is 0 Å². The van der Waals surface area contributed by atoms with Crippen molar-refractivity contribution in [2.24, 2.45) is 5.92 Å². The second-order valence-electron chi connectivity index (χ2n) is 6.87. The predicted octanol–water partition coefficient (Wildman–Crippen LogP) is 3.68. The van der Waals surface area contributed by atoms with Crippen LogP contribution < -0.4 is 15.4 Å². The largest absolute Gasteiger partial charge is 0.475 e. The number of nitrogens with zero attached hydrogens (tertiary/aromatic N) is 3. The zero-order valence-corrected chi connectivity index (χ0v) is 17.2. The first kappa shape index (κ1) is 21.3. The third kappa shape index (κ3) is 5.77. The molecule has 2 N–H and O–H groups in total. The van der Waals surface area contributed by atoms with Crippen molar-refractivity contribution in [2.75, 3.05) is 25.6 Å². The number of anilines is 1. The standard InChI is InChI=1S/C21H25N5O4/c1-14(2)18(20-25-19(26-30-20)15-7-5-4-6-8-15)24-21(27)23-16-9-10-17(22-13-16)29-12-11-28-3/h4-10,13-14,18H,11-12H2,1-3H3,(H2,23,24,27). The Hall–Kier alpha value is -3.46. The molecule has 0 fully saturated rings. The van der Waals surface area contributed by atoms with Crippen LogP contribution >= 0.6 is 0 Å². The van der Waals surface area contributed by atoms with Gasteiger partial charge >= 0.3 is 6.03 Å². The number of ether oxygens (including phenoxy) is 2. The van der Waals surface area contributed by atoms with Crippen molar-refractivity contribution in [3.05, 3.63) is 54.6 Å². The van der Waals surface area contributed by atoms with E-state index in [1.807, 2.05) is 44.2 Å². The van der Waals surface area contributed by atoms with E-state index in [1.54, 1.807) is 19.2 Å². The molecule has 9 nitrogen and oxygen atoms in total. The Bertz CT molecular complexity index is 928. The molecule has 1 atom stereocenters. The molecule has 0 saturated heterocycles. The number of rotatable bonds is 9. The maximum atomic E-state index is 12.5. The van der Waals surface area contributed by atoms with Gasteiger partial charge in [-0.25, -0.2) is 9.78 Å². The summed E-state index contributed by atoms with van der Waals surface area (Å²) in [7, 11) is 1.60. The first-order valence-electron chi connectivity index (χ1n) is 9.61. The van der Waals surface area contributed by atoms with E-state index in [2.05, 4.69) is 25.8 Å². The van der Waals surface area contributed by atoms with Crippen molar-refractivity contribution in [3.8, 4) is 17.3 Å². The van der Waals surface area contributed by atoms with Gasteiger partial charge in [-0.15, -0.1) is 0 Å². The van der Waals surface area contributed by atoms with Crippen LogP contribution in [0.1, 0.15) is 25.8 Å². The van der Waals surface area contributed by atoms with E-state index in [-0.39, 0.29) is 5.92 Å². The maximum Gasteiger partial charge on any atom is 0.319 e. The molecular formula is C21H25N5O4. The average molecular weight is 411 g/mol.